The van der Waals surface area contributed by atoms with Crippen LogP contribution >= 0.6 is 11.3 Å². The molecule has 0 aliphatic carbocycles. The zero-order valence-electron chi connectivity index (χ0n) is 18.3. The number of thiophene rings is 1. The zero-order valence-corrected chi connectivity index (χ0v) is 19.1. The second kappa shape index (κ2) is 9.66. The molecule has 0 bridgehead atoms. The molecule has 0 saturated carbocycles. The van der Waals surface area contributed by atoms with Gasteiger partial charge < -0.3 is 15.4 Å². The Morgan fingerprint density at radius 3 is 2.50 bits per heavy atom. The highest BCUT2D eigenvalue weighted by Crippen LogP contribution is 2.38. The van der Waals surface area contributed by atoms with Crippen LogP contribution in [0.4, 0.5) is 10.8 Å². The number of anilines is 2. The van der Waals surface area contributed by atoms with Crippen molar-refractivity contribution < 1.29 is 9.53 Å². The summed E-state index contributed by atoms with van der Waals surface area (Å²) in [5.41, 5.74) is 3.54. The van der Waals surface area contributed by atoms with Gasteiger partial charge in [0.1, 0.15) is 16.6 Å². The van der Waals surface area contributed by atoms with Gasteiger partial charge in [0.05, 0.1) is 13.2 Å². The molecule has 2 aromatic carbocycles. The SMILES string of the molecule is COc1cccc([C@H](Nc2cccc(C)n2)c2cc(C)sc2NC(=O)c2ccccc2)c1. The molecule has 0 radical (unpaired) electrons. The number of pyridine rings is 1. The van der Waals surface area contributed by atoms with Gasteiger partial charge in [-0.3, -0.25) is 4.79 Å². The third kappa shape index (κ3) is 4.98. The van der Waals surface area contributed by atoms with Crippen LogP contribution < -0.4 is 15.4 Å². The molecule has 162 valence electrons. The fraction of sp³-hybridized carbons (Fsp3) is 0.154. The molecule has 32 heavy (non-hydrogen) atoms. The lowest BCUT2D eigenvalue weighted by atomic mass is 9.99. The molecule has 1 atom stereocenters. The molecular weight excluding hydrogens is 418 g/mol. The highest BCUT2D eigenvalue weighted by Gasteiger charge is 2.22. The van der Waals surface area contributed by atoms with Crippen molar-refractivity contribution in [3.63, 3.8) is 0 Å². The van der Waals surface area contributed by atoms with Crippen molar-refractivity contribution in [3.8, 4) is 5.75 Å². The number of aromatic nitrogens is 1. The Morgan fingerprint density at radius 2 is 1.75 bits per heavy atom. The summed E-state index contributed by atoms with van der Waals surface area (Å²) >= 11 is 1.56. The van der Waals surface area contributed by atoms with Crippen LogP contribution in [0.5, 0.6) is 5.75 Å². The summed E-state index contributed by atoms with van der Waals surface area (Å²) in [6, 6.07) is 24.9. The summed E-state index contributed by atoms with van der Waals surface area (Å²) in [5.74, 6) is 1.40. The van der Waals surface area contributed by atoms with Gasteiger partial charge in [0.25, 0.3) is 5.91 Å². The van der Waals surface area contributed by atoms with E-state index in [-0.39, 0.29) is 11.9 Å². The summed E-state index contributed by atoms with van der Waals surface area (Å²) in [4.78, 5) is 18.6. The molecule has 2 aromatic heterocycles. The number of aryl methyl sites for hydroxylation is 2. The number of nitrogens with zero attached hydrogens (tertiary/aromatic N) is 1. The lowest BCUT2D eigenvalue weighted by molar-refractivity contribution is 0.102. The number of rotatable bonds is 7. The van der Waals surface area contributed by atoms with Crippen molar-refractivity contribution in [2.24, 2.45) is 0 Å². The molecule has 0 saturated heterocycles. The van der Waals surface area contributed by atoms with Gasteiger partial charge in [-0.15, -0.1) is 11.3 Å². The molecule has 2 heterocycles. The van der Waals surface area contributed by atoms with Gasteiger partial charge in [0, 0.05) is 21.7 Å². The maximum Gasteiger partial charge on any atom is 0.256 e. The lowest BCUT2D eigenvalue weighted by Crippen LogP contribution is -2.17. The highest BCUT2D eigenvalue weighted by atomic mass is 32.1. The van der Waals surface area contributed by atoms with E-state index in [1.807, 2.05) is 86.6 Å². The average molecular weight is 444 g/mol. The van der Waals surface area contributed by atoms with E-state index in [9.17, 15) is 4.79 Å². The third-order valence-electron chi connectivity index (χ3n) is 5.07. The molecule has 0 unspecified atom stereocenters. The molecule has 1 amide bonds. The predicted molar refractivity (Wildman–Crippen MR) is 131 cm³/mol. The average Bonchev–Trinajstić information content (AvgIpc) is 3.17. The summed E-state index contributed by atoms with van der Waals surface area (Å²) in [5, 5.41) is 7.48. The number of hydrogen-bond acceptors (Lipinski definition) is 5. The molecular formula is C26H25N3O2S. The smallest absolute Gasteiger partial charge is 0.256 e. The number of ether oxygens (including phenoxy) is 1. The Labute approximate surface area is 192 Å². The van der Waals surface area contributed by atoms with Gasteiger partial charge in [-0.2, -0.15) is 0 Å². The van der Waals surface area contributed by atoms with E-state index < -0.39 is 0 Å². The maximum absolute atomic E-state index is 12.9. The molecule has 0 aliphatic heterocycles. The van der Waals surface area contributed by atoms with E-state index in [0.29, 0.717) is 5.56 Å². The third-order valence-corrected chi connectivity index (χ3v) is 6.05. The van der Waals surface area contributed by atoms with Crippen molar-refractivity contribution in [2.45, 2.75) is 19.9 Å². The monoisotopic (exact) mass is 443 g/mol. The molecule has 2 N–H and O–H groups in total. The van der Waals surface area contributed by atoms with E-state index in [4.69, 9.17) is 4.74 Å². The summed E-state index contributed by atoms with van der Waals surface area (Å²) in [6.07, 6.45) is 0. The topological polar surface area (TPSA) is 63.2 Å². The van der Waals surface area contributed by atoms with Crippen molar-refractivity contribution >= 4 is 28.1 Å². The van der Waals surface area contributed by atoms with E-state index in [1.54, 1.807) is 18.4 Å². The van der Waals surface area contributed by atoms with Crippen LogP contribution in [0.1, 0.15) is 38.1 Å². The number of amides is 1. The van der Waals surface area contributed by atoms with Gasteiger partial charge >= 0.3 is 0 Å². The molecule has 4 aromatic rings. The normalized spacial score (nSPS) is 11.6. The van der Waals surface area contributed by atoms with Crippen LogP contribution in [-0.2, 0) is 0 Å². The Balaban J connectivity index is 1.74. The van der Waals surface area contributed by atoms with E-state index in [2.05, 4.69) is 21.7 Å². The largest absolute Gasteiger partial charge is 0.497 e. The Kier molecular flexibility index (Phi) is 6.52. The van der Waals surface area contributed by atoms with Crippen LogP contribution in [0, 0.1) is 13.8 Å². The van der Waals surface area contributed by atoms with E-state index >= 15 is 0 Å². The Morgan fingerprint density at radius 1 is 0.969 bits per heavy atom. The molecule has 0 spiro atoms. The van der Waals surface area contributed by atoms with Gasteiger partial charge in [-0.25, -0.2) is 4.98 Å². The van der Waals surface area contributed by atoms with Crippen LogP contribution in [0.25, 0.3) is 0 Å². The maximum atomic E-state index is 12.9. The Hall–Kier alpha value is -3.64. The summed E-state index contributed by atoms with van der Waals surface area (Å²) in [6.45, 7) is 4.01. The first-order valence-electron chi connectivity index (χ1n) is 10.3. The standard InChI is InChI=1S/C26H25N3O2S/c1-17-9-7-14-23(27-17)28-24(20-12-8-13-21(16-20)31-3)22-15-18(2)32-26(22)29-25(30)19-10-5-4-6-11-19/h4-16,24H,1-3H3,(H,27,28)(H,29,30)/t24-/m0/s1. The fourth-order valence-corrected chi connectivity index (χ4v) is 4.49. The highest BCUT2D eigenvalue weighted by molar-refractivity contribution is 7.16. The number of methoxy groups -OCH3 is 1. The minimum Gasteiger partial charge on any atom is -0.497 e. The first kappa shape index (κ1) is 21.6. The molecule has 0 aliphatic rings. The predicted octanol–water partition coefficient (Wildman–Crippen LogP) is 6.22. The molecule has 6 heteroatoms. The van der Waals surface area contributed by atoms with Crippen molar-refractivity contribution in [2.75, 3.05) is 17.7 Å². The Bertz CT molecular complexity index is 1220. The number of benzene rings is 2. The second-order valence-electron chi connectivity index (χ2n) is 7.48. The second-order valence-corrected chi connectivity index (χ2v) is 8.74. The van der Waals surface area contributed by atoms with Crippen LogP contribution in [0.3, 0.4) is 0 Å². The van der Waals surface area contributed by atoms with Crippen molar-refractivity contribution in [1.82, 2.24) is 4.98 Å². The van der Waals surface area contributed by atoms with Crippen molar-refractivity contribution in [3.05, 3.63) is 106 Å². The summed E-state index contributed by atoms with van der Waals surface area (Å²) in [7, 11) is 1.66. The zero-order chi connectivity index (χ0) is 22.5. The number of carbonyl (C=O) groups excluding carboxylic acids is 1. The lowest BCUT2D eigenvalue weighted by Gasteiger charge is -2.22. The molecule has 5 nitrogen and oxygen atoms in total. The first-order chi connectivity index (χ1) is 15.5. The quantitative estimate of drug-likeness (QED) is 0.356. The summed E-state index contributed by atoms with van der Waals surface area (Å²) < 4.78 is 5.46. The van der Waals surface area contributed by atoms with Gasteiger partial charge in [0.15, 0.2) is 0 Å². The van der Waals surface area contributed by atoms with Crippen molar-refractivity contribution in [1.29, 1.82) is 0 Å². The number of nitrogens with one attached hydrogen (secondary N) is 2. The van der Waals surface area contributed by atoms with Crippen LogP contribution in [0.15, 0.2) is 78.9 Å². The minimum absolute atomic E-state index is 0.133. The van der Waals surface area contributed by atoms with Gasteiger partial charge in [-0.1, -0.05) is 36.4 Å². The van der Waals surface area contributed by atoms with E-state index in [1.165, 1.54) is 0 Å². The van der Waals surface area contributed by atoms with Crippen LogP contribution in [-0.4, -0.2) is 18.0 Å². The van der Waals surface area contributed by atoms with Gasteiger partial charge in [-0.05, 0) is 61.9 Å². The number of hydrogen-bond donors (Lipinski definition) is 2. The van der Waals surface area contributed by atoms with Gasteiger partial charge in [0.2, 0.25) is 0 Å². The first-order valence-corrected chi connectivity index (χ1v) is 11.2. The molecule has 4 rings (SSSR count). The van der Waals surface area contributed by atoms with Crippen LogP contribution in [0.2, 0.25) is 0 Å². The number of carbonyl (C=O) groups is 1. The molecule has 0 fully saturated rings. The minimum atomic E-state index is -0.226. The fourth-order valence-electron chi connectivity index (χ4n) is 3.54. The van der Waals surface area contributed by atoms with E-state index in [0.717, 1.165) is 38.3 Å².